The van der Waals surface area contributed by atoms with Crippen molar-refractivity contribution in [2.24, 2.45) is 7.05 Å². The van der Waals surface area contributed by atoms with Crippen LogP contribution in [0.1, 0.15) is 16.8 Å². The Morgan fingerprint density at radius 3 is 2.13 bits per heavy atom. The normalized spacial score (nSPS) is 12.3. The lowest BCUT2D eigenvalue weighted by Gasteiger charge is -2.15. The number of carbonyl (C=O) groups excluding carboxylic acids is 1. The van der Waals surface area contributed by atoms with Gasteiger partial charge in [-0.15, -0.1) is 0 Å². The van der Waals surface area contributed by atoms with E-state index in [4.69, 9.17) is 11.6 Å². The number of carbonyl (C=O) groups is 1. The molecule has 2 aromatic heterocycles. The summed E-state index contributed by atoms with van der Waals surface area (Å²) in [7, 11) is 1.63. The van der Waals surface area contributed by atoms with Crippen LogP contribution in [-0.2, 0) is 19.4 Å². The number of alkyl halides is 6. The molecule has 3 rings (SSSR count). The molecular formula is C17H12ClF6N5O. The number of aromatic nitrogens is 3. The molecule has 2 heterocycles. The van der Waals surface area contributed by atoms with E-state index in [1.165, 1.54) is 10.9 Å². The average Bonchev–Trinajstić information content (AvgIpc) is 2.90. The van der Waals surface area contributed by atoms with Crippen LogP contribution in [0.4, 0.5) is 42.5 Å². The molecule has 6 nitrogen and oxygen atoms in total. The Morgan fingerprint density at radius 1 is 1.03 bits per heavy atom. The van der Waals surface area contributed by atoms with E-state index in [-0.39, 0.29) is 16.8 Å². The number of aryl methyl sites for hydroxylation is 2. The molecule has 0 aliphatic rings. The summed E-state index contributed by atoms with van der Waals surface area (Å²) in [4.78, 5) is 16.3. The lowest BCUT2D eigenvalue weighted by Crippen LogP contribution is -2.21. The van der Waals surface area contributed by atoms with Gasteiger partial charge in [-0.25, -0.2) is 9.78 Å². The number of amides is 2. The molecule has 13 heteroatoms. The van der Waals surface area contributed by atoms with Gasteiger partial charge in [-0.2, -0.15) is 31.4 Å². The fourth-order valence-electron chi connectivity index (χ4n) is 2.77. The first-order chi connectivity index (χ1) is 13.8. The summed E-state index contributed by atoms with van der Waals surface area (Å²) in [5.41, 5.74) is -2.87. The fraction of sp³-hybridized carbons (Fsp3) is 0.235. The number of anilines is 2. The zero-order valence-electron chi connectivity index (χ0n) is 15.2. The standard InChI is InChI=1S/C17H12ClF6N5O/c1-7-12-13(18)11(6-25-14(12)29(2)28-7)27-15(30)26-10-4-8(16(19,20)21)3-9(5-10)17(22,23)24/h3-6H,1-2H3,(H2,26,27,30). The van der Waals surface area contributed by atoms with Crippen LogP contribution in [0.25, 0.3) is 11.0 Å². The first-order valence-electron chi connectivity index (χ1n) is 8.12. The van der Waals surface area contributed by atoms with Gasteiger partial charge in [0.1, 0.15) is 0 Å². The van der Waals surface area contributed by atoms with E-state index in [1.807, 2.05) is 5.32 Å². The Hall–Kier alpha value is -3.02. The summed E-state index contributed by atoms with van der Waals surface area (Å²) in [5, 5.41) is 8.86. The zero-order valence-corrected chi connectivity index (χ0v) is 16.0. The Balaban J connectivity index is 1.90. The second kappa shape index (κ2) is 7.35. The molecule has 0 fully saturated rings. The summed E-state index contributed by atoms with van der Waals surface area (Å²) < 4.78 is 79.1. The van der Waals surface area contributed by atoms with E-state index >= 15 is 0 Å². The minimum absolute atomic E-state index is 0.000729. The molecular weight excluding hydrogens is 440 g/mol. The lowest BCUT2D eigenvalue weighted by atomic mass is 10.1. The van der Waals surface area contributed by atoms with Gasteiger partial charge in [-0.1, -0.05) is 11.6 Å². The van der Waals surface area contributed by atoms with Gasteiger partial charge < -0.3 is 10.6 Å². The van der Waals surface area contributed by atoms with Gasteiger partial charge in [0.2, 0.25) is 0 Å². The second-order valence-electron chi connectivity index (χ2n) is 6.27. The van der Waals surface area contributed by atoms with Crippen LogP contribution < -0.4 is 10.6 Å². The van der Waals surface area contributed by atoms with Gasteiger partial charge in [-0.05, 0) is 25.1 Å². The van der Waals surface area contributed by atoms with Gasteiger partial charge in [0.25, 0.3) is 0 Å². The van der Waals surface area contributed by atoms with Crippen LogP contribution in [0.3, 0.4) is 0 Å². The Labute approximate surface area is 169 Å². The van der Waals surface area contributed by atoms with Crippen molar-refractivity contribution in [3.63, 3.8) is 0 Å². The first-order valence-corrected chi connectivity index (χ1v) is 8.50. The van der Waals surface area contributed by atoms with Crippen molar-refractivity contribution < 1.29 is 31.1 Å². The van der Waals surface area contributed by atoms with Crippen molar-refractivity contribution in [1.82, 2.24) is 14.8 Å². The number of nitrogens with zero attached hydrogens (tertiary/aromatic N) is 3. The third-order valence-electron chi connectivity index (χ3n) is 4.06. The summed E-state index contributed by atoms with van der Waals surface area (Å²) in [5.74, 6) is 0. The molecule has 0 saturated heterocycles. The minimum Gasteiger partial charge on any atom is -0.308 e. The number of hydrogen-bond acceptors (Lipinski definition) is 3. The molecule has 0 spiro atoms. The van der Waals surface area contributed by atoms with Crippen LogP contribution in [0.2, 0.25) is 5.02 Å². The number of fused-ring (bicyclic) bond motifs is 1. The van der Waals surface area contributed by atoms with E-state index in [0.29, 0.717) is 28.9 Å². The molecule has 3 aromatic rings. The van der Waals surface area contributed by atoms with Crippen LogP contribution in [0, 0.1) is 6.92 Å². The van der Waals surface area contributed by atoms with Crippen LogP contribution in [-0.4, -0.2) is 20.8 Å². The van der Waals surface area contributed by atoms with Gasteiger partial charge in [0, 0.05) is 12.7 Å². The highest BCUT2D eigenvalue weighted by molar-refractivity contribution is 6.38. The molecule has 0 saturated carbocycles. The van der Waals surface area contributed by atoms with Crippen LogP contribution in [0.5, 0.6) is 0 Å². The number of pyridine rings is 1. The molecule has 160 valence electrons. The van der Waals surface area contributed by atoms with Crippen molar-refractivity contribution in [2.75, 3.05) is 10.6 Å². The molecule has 2 amide bonds. The highest BCUT2D eigenvalue weighted by Crippen LogP contribution is 2.37. The Bertz CT molecular complexity index is 1110. The maximum absolute atomic E-state index is 12.9. The smallest absolute Gasteiger partial charge is 0.308 e. The second-order valence-corrected chi connectivity index (χ2v) is 6.65. The predicted molar refractivity (Wildman–Crippen MR) is 97.3 cm³/mol. The number of hydrogen-bond donors (Lipinski definition) is 2. The monoisotopic (exact) mass is 451 g/mol. The van der Waals surface area contributed by atoms with Crippen LogP contribution >= 0.6 is 11.6 Å². The van der Waals surface area contributed by atoms with E-state index in [1.54, 1.807) is 14.0 Å². The van der Waals surface area contributed by atoms with Crippen LogP contribution in [0.15, 0.2) is 24.4 Å². The maximum atomic E-state index is 12.9. The van der Waals surface area contributed by atoms with Crippen molar-refractivity contribution in [2.45, 2.75) is 19.3 Å². The van der Waals surface area contributed by atoms with E-state index in [0.717, 1.165) is 0 Å². The van der Waals surface area contributed by atoms with Crippen molar-refractivity contribution >= 4 is 40.0 Å². The Morgan fingerprint density at radius 2 is 1.60 bits per heavy atom. The molecule has 30 heavy (non-hydrogen) atoms. The summed E-state index contributed by atoms with van der Waals surface area (Å²) in [6.07, 6.45) is -8.88. The lowest BCUT2D eigenvalue weighted by molar-refractivity contribution is -0.143. The first kappa shape index (κ1) is 21.7. The Kier molecular flexibility index (Phi) is 5.31. The molecule has 0 atom stereocenters. The molecule has 2 N–H and O–H groups in total. The zero-order chi connectivity index (χ0) is 22.4. The number of urea groups is 1. The minimum atomic E-state index is -5.04. The molecule has 0 unspecified atom stereocenters. The van der Waals surface area contributed by atoms with Crippen molar-refractivity contribution in [3.8, 4) is 0 Å². The van der Waals surface area contributed by atoms with Crippen molar-refractivity contribution in [3.05, 3.63) is 46.2 Å². The predicted octanol–water partition coefficient (Wildman–Crippen LogP) is 5.61. The summed E-state index contributed by atoms with van der Waals surface area (Å²) in [6, 6.07) is -0.359. The maximum Gasteiger partial charge on any atom is 0.416 e. The van der Waals surface area contributed by atoms with E-state index in [9.17, 15) is 31.1 Å². The van der Waals surface area contributed by atoms with Gasteiger partial charge in [0.05, 0.1) is 39.1 Å². The van der Waals surface area contributed by atoms with E-state index < -0.39 is 35.2 Å². The van der Waals surface area contributed by atoms with E-state index in [2.05, 4.69) is 15.4 Å². The highest BCUT2D eigenvalue weighted by Gasteiger charge is 2.37. The summed E-state index contributed by atoms with van der Waals surface area (Å²) >= 11 is 6.24. The number of halogens is 7. The summed E-state index contributed by atoms with van der Waals surface area (Å²) in [6.45, 7) is 1.65. The third kappa shape index (κ3) is 4.27. The molecule has 0 radical (unpaired) electrons. The number of nitrogens with one attached hydrogen (secondary N) is 2. The number of benzene rings is 1. The van der Waals surface area contributed by atoms with Gasteiger partial charge >= 0.3 is 18.4 Å². The van der Waals surface area contributed by atoms with Gasteiger partial charge in [-0.3, -0.25) is 4.68 Å². The van der Waals surface area contributed by atoms with Crippen molar-refractivity contribution in [1.29, 1.82) is 0 Å². The third-order valence-corrected chi connectivity index (χ3v) is 4.45. The molecule has 0 bridgehead atoms. The topological polar surface area (TPSA) is 71.8 Å². The SMILES string of the molecule is Cc1nn(C)c2ncc(NC(=O)Nc3cc(C(F)(F)F)cc(C(F)(F)F)c3)c(Cl)c12. The quantitative estimate of drug-likeness (QED) is 0.497. The molecule has 0 aliphatic heterocycles. The van der Waals surface area contributed by atoms with Gasteiger partial charge in [0.15, 0.2) is 5.65 Å². The number of rotatable bonds is 2. The highest BCUT2D eigenvalue weighted by atomic mass is 35.5. The molecule has 1 aromatic carbocycles. The molecule has 0 aliphatic carbocycles. The average molecular weight is 452 g/mol. The fourth-order valence-corrected chi connectivity index (χ4v) is 3.08. The largest absolute Gasteiger partial charge is 0.416 e.